The van der Waals surface area contributed by atoms with E-state index in [4.69, 9.17) is 5.73 Å². The Morgan fingerprint density at radius 1 is 1.56 bits per heavy atom. The van der Waals surface area contributed by atoms with Gasteiger partial charge in [-0.3, -0.25) is 4.99 Å². The topological polar surface area (TPSA) is 75.8 Å². The molecule has 6 heteroatoms. The third kappa shape index (κ3) is 1.90. The first-order valence-corrected chi connectivity index (χ1v) is 7.45. The Kier molecular flexibility index (Phi) is 2.64. The van der Waals surface area contributed by atoms with Crippen molar-refractivity contribution in [1.82, 2.24) is 4.90 Å². The van der Waals surface area contributed by atoms with Gasteiger partial charge in [0.25, 0.3) is 0 Å². The van der Waals surface area contributed by atoms with Crippen LogP contribution in [-0.4, -0.2) is 49.4 Å². The summed E-state index contributed by atoms with van der Waals surface area (Å²) in [4.78, 5) is 6.23. The van der Waals surface area contributed by atoms with Gasteiger partial charge in [0.1, 0.15) is 0 Å². The van der Waals surface area contributed by atoms with Crippen LogP contribution in [0.1, 0.15) is 20.3 Å². The smallest absolute Gasteiger partial charge is 0.191 e. The monoisotopic (exact) mass is 245 g/mol. The summed E-state index contributed by atoms with van der Waals surface area (Å²) in [6, 6.07) is 0. The van der Waals surface area contributed by atoms with Crippen molar-refractivity contribution < 1.29 is 8.42 Å². The van der Waals surface area contributed by atoms with Crippen LogP contribution in [0.15, 0.2) is 4.99 Å². The Labute approximate surface area is 96.6 Å². The molecule has 0 radical (unpaired) electrons. The van der Waals surface area contributed by atoms with Gasteiger partial charge in [-0.1, -0.05) is 13.8 Å². The van der Waals surface area contributed by atoms with Gasteiger partial charge in [0.15, 0.2) is 15.8 Å². The van der Waals surface area contributed by atoms with Gasteiger partial charge in [0.05, 0.1) is 23.6 Å². The van der Waals surface area contributed by atoms with Gasteiger partial charge >= 0.3 is 0 Å². The van der Waals surface area contributed by atoms with Crippen LogP contribution in [0.25, 0.3) is 0 Å². The fraction of sp³-hybridized carbons (Fsp3) is 0.900. The van der Waals surface area contributed by atoms with Crippen LogP contribution in [0.4, 0.5) is 0 Å². The van der Waals surface area contributed by atoms with E-state index in [2.05, 4.69) is 18.8 Å². The van der Waals surface area contributed by atoms with E-state index in [-0.39, 0.29) is 17.0 Å². The van der Waals surface area contributed by atoms with E-state index in [1.165, 1.54) is 0 Å². The molecular formula is C10H19N3O2S. The Hall–Kier alpha value is -0.780. The molecule has 1 fully saturated rings. The Bertz CT molecular complexity index is 416. The molecule has 0 aromatic rings. The lowest BCUT2D eigenvalue weighted by atomic mass is 9.97. The zero-order valence-corrected chi connectivity index (χ0v) is 10.6. The molecule has 2 aliphatic rings. The molecule has 0 bridgehead atoms. The van der Waals surface area contributed by atoms with E-state index in [0.29, 0.717) is 24.8 Å². The minimum absolute atomic E-state index is 0.205. The summed E-state index contributed by atoms with van der Waals surface area (Å²) in [5.74, 6) is 1.43. The number of nitrogens with zero attached hydrogens (tertiary/aromatic N) is 2. The highest BCUT2D eigenvalue weighted by molar-refractivity contribution is 7.91. The lowest BCUT2D eigenvalue weighted by Gasteiger charge is -2.36. The fourth-order valence-electron chi connectivity index (χ4n) is 2.53. The highest BCUT2D eigenvalue weighted by Gasteiger charge is 2.50. The average Bonchev–Trinajstić information content (AvgIpc) is 2.61. The number of rotatable bonds is 2. The zero-order valence-electron chi connectivity index (χ0n) is 9.81. The summed E-state index contributed by atoms with van der Waals surface area (Å²) in [5.41, 5.74) is 5.51. The highest BCUT2D eigenvalue weighted by atomic mass is 32.2. The predicted octanol–water partition coefficient (Wildman–Crippen LogP) is -0.170. The third-order valence-corrected chi connectivity index (χ3v) is 5.10. The second-order valence-corrected chi connectivity index (χ2v) is 7.43. The van der Waals surface area contributed by atoms with Crippen molar-refractivity contribution in [2.24, 2.45) is 16.6 Å². The van der Waals surface area contributed by atoms with E-state index in [0.717, 1.165) is 6.54 Å². The average molecular weight is 245 g/mol. The van der Waals surface area contributed by atoms with Gasteiger partial charge in [-0.2, -0.15) is 0 Å². The van der Waals surface area contributed by atoms with Crippen LogP contribution in [0.3, 0.4) is 0 Å². The molecule has 0 aromatic heterocycles. The van der Waals surface area contributed by atoms with Crippen LogP contribution in [-0.2, 0) is 9.84 Å². The van der Waals surface area contributed by atoms with Crippen molar-refractivity contribution >= 4 is 15.8 Å². The first-order valence-electron chi connectivity index (χ1n) is 5.63. The Morgan fingerprint density at radius 3 is 2.75 bits per heavy atom. The molecule has 2 N–H and O–H groups in total. The molecule has 1 unspecified atom stereocenters. The van der Waals surface area contributed by atoms with Gasteiger partial charge in [0.2, 0.25) is 0 Å². The Morgan fingerprint density at radius 2 is 2.25 bits per heavy atom. The fourth-order valence-corrected chi connectivity index (χ4v) is 4.58. The molecule has 0 aliphatic carbocycles. The first-order chi connectivity index (χ1) is 7.35. The molecule has 0 amide bonds. The molecule has 1 saturated heterocycles. The van der Waals surface area contributed by atoms with Crippen LogP contribution in [0.5, 0.6) is 0 Å². The molecule has 92 valence electrons. The summed E-state index contributed by atoms with van der Waals surface area (Å²) in [7, 11) is -2.90. The number of hydrogen-bond acceptors (Lipinski definition) is 5. The molecule has 16 heavy (non-hydrogen) atoms. The van der Waals surface area contributed by atoms with Gasteiger partial charge in [-0.15, -0.1) is 0 Å². The molecule has 0 aromatic carbocycles. The molecule has 2 rings (SSSR count). The van der Waals surface area contributed by atoms with E-state index in [1.54, 1.807) is 0 Å². The lowest BCUT2D eigenvalue weighted by Crippen LogP contribution is -2.53. The summed E-state index contributed by atoms with van der Waals surface area (Å²) < 4.78 is 23.2. The molecule has 2 aliphatic heterocycles. The maximum atomic E-state index is 11.6. The number of aliphatic imine (C=N–C) groups is 1. The van der Waals surface area contributed by atoms with Crippen molar-refractivity contribution in [3.8, 4) is 0 Å². The van der Waals surface area contributed by atoms with Crippen LogP contribution < -0.4 is 5.73 Å². The number of hydrogen-bond donors (Lipinski definition) is 1. The normalized spacial score (nSPS) is 32.7. The minimum Gasteiger partial charge on any atom is -0.370 e. The quantitative estimate of drug-likeness (QED) is 0.733. The van der Waals surface area contributed by atoms with E-state index in [9.17, 15) is 8.42 Å². The summed E-state index contributed by atoms with van der Waals surface area (Å²) in [5, 5.41) is 0. The SMILES string of the molecule is CC(C)CN1C(N)=NCC12CCS(=O)(=O)C2. The van der Waals surface area contributed by atoms with E-state index >= 15 is 0 Å². The summed E-state index contributed by atoms with van der Waals surface area (Å²) in [6.07, 6.45) is 0.659. The molecule has 0 saturated carbocycles. The standard InChI is InChI=1S/C10H19N3O2S/c1-8(2)5-13-9(11)12-6-10(13)3-4-16(14,15)7-10/h8H,3-7H2,1-2H3,(H2,11,12). The lowest BCUT2D eigenvalue weighted by molar-refractivity contribution is 0.209. The van der Waals surface area contributed by atoms with Crippen molar-refractivity contribution in [3.05, 3.63) is 0 Å². The Balaban J connectivity index is 2.23. The highest BCUT2D eigenvalue weighted by Crippen LogP contribution is 2.34. The van der Waals surface area contributed by atoms with Crippen molar-refractivity contribution in [2.45, 2.75) is 25.8 Å². The summed E-state index contributed by atoms with van der Waals surface area (Å²) >= 11 is 0. The maximum Gasteiger partial charge on any atom is 0.191 e. The van der Waals surface area contributed by atoms with Gasteiger partial charge in [-0.05, 0) is 12.3 Å². The number of sulfone groups is 1. The van der Waals surface area contributed by atoms with Crippen molar-refractivity contribution in [3.63, 3.8) is 0 Å². The van der Waals surface area contributed by atoms with Crippen molar-refractivity contribution in [2.75, 3.05) is 24.6 Å². The second kappa shape index (κ2) is 3.61. The minimum atomic E-state index is -2.90. The summed E-state index contributed by atoms with van der Waals surface area (Å²) in [6.45, 7) is 5.52. The van der Waals surface area contributed by atoms with Crippen LogP contribution >= 0.6 is 0 Å². The predicted molar refractivity (Wildman–Crippen MR) is 64.0 cm³/mol. The van der Waals surface area contributed by atoms with Crippen molar-refractivity contribution in [1.29, 1.82) is 0 Å². The molecule has 5 nitrogen and oxygen atoms in total. The molecule has 1 atom stereocenters. The van der Waals surface area contributed by atoms with Gasteiger partial charge in [-0.25, -0.2) is 8.42 Å². The first kappa shape index (κ1) is 11.7. The maximum absolute atomic E-state index is 11.6. The second-order valence-electron chi connectivity index (χ2n) is 5.25. The zero-order chi connectivity index (χ0) is 12.0. The number of nitrogens with two attached hydrogens (primary N) is 1. The number of guanidine groups is 1. The van der Waals surface area contributed by atoms with Gasteiger partial charge < -0.3 is 10.6 Å². The molecular weight excluding hydrogens is 226 g/mol. The van der Waals surface area contributed by atoms with Crippen LogP contribution in [0, 0.1) is 5.92 Å². The molecule has 1 spiro atoms. The van der Waals surface area contributed by atoms with Gasteiger partial charge in [0, 0.05) is 6.54 Å². The van der Waals surface area contributed by atoms with Crippen LogP contribution in [0.2, 0.25) is 0 Å². The largest absolute Gasteiger partial charge is 0.370 e. The molecule has 2 heterocycles. The van der Waals surface area contributed by atoms with E-state index < -0.39 is 9.84 Å². The van der Waals surface area contributed by atoms with E-state index in [1.807, 2.05) is 4.90 Å². The third-order valence-electron chi connectivity index (χ3n) is 3.30.